The molecule has 1 atom stereocenters. The van der Waals surface area contributed by atoms with Gasteiger partial charge in [-0.2, -0.15) is 4.98 Å². The van der Waals surface area contributed by atoms with Gasteiger partial charge in [-0.3, -0.25) is 0 Å². The molecular formula is C13H20N4O. The highest BCUT2D eigenvalue weighted by atomic mass is 16.1. The second kappa shape index (κ2) is 4.72. The number of hydrogen-bond acceptors (Lipinski definition) is 4. The van der Waals surface area contributed by atoms with Gasteiger partial charge >= 0.3 is 5.69 Å². The first kappa shape index (κ1) is 11.7. The zero-order valence-corrected chi connectivity index (χ0v) is 10.8. The summed E-state index contributed by atoms with van der Waals surface area (Å²) >= 11 is 0. The first-order valence-electron chi connectivity index (χ1n) is 6.87. The monoisotopic (exact) mass is 248 g/mol. The predicted molar refractivity (Wildman–Crippen MR) is 71.1 cm³/mol. The second-order valence-electron chi connectivity index (χ2n) is 5.19. The van der Waals surface area contributed by atoms with Crippen molar-refractivity contribution in [1.82, 2.24) is 14.9 Å². The van der Waals surface area contributed by atoms with Crippen molar-refractivity contribution in [3.63, 3.8) is 0 Å². The fourth-order valence-electron chi connectivity index (χ4n) is 3.15. The molecule has 1 aromatic heterocycles. The van der Waals surface area contributed by atoms with E-state index in [0.717, 1.165) is 37.6 Å². The van der Waals surface area contributed by atoms with Gasteiger partial charge in [0.05, 0.1) is 0 Å². The van der Waals surface area contributed by atoms with Crippen molar-refractivity contribution in [2.24, 2.45) is 0 Å². The van der Waals surface area contributed by atoms with Crippen LogP contribution in [-0.2, 0) is 6.42 Å². The van der Waals surface area contributed by atoms with Gasteiger partial charge in [-0.15, -0.1) is 0 Å². The van der Waals surface area contributed by atoms with Gasteiger partial charge in [0.15, 0.2) is 0 Å². The van der Waals surface area contributed by atoms with Crippen LogP contribution in [0.1, 0.15) is 36.9 Å². The van der Waals surface area contributed by atoms with Crippen LogP contribution in [0.4, 0.5) is 5.82 Å². The van der Waals surface area contributed by atoms with Gasteiger partial charge in [-0.05, 0) is 32.4 Å². The Labute approximate surface area is 107 Å². The highest BCUT2D eigenvalue weighted by Gasteiger charge is 2.26. The molecule has 2 N–H and O–H groups in total. The molecule has 0 saturated carbocycles. The van der Waals surface area contributed by atoms with E-state index in [1.165, 1.54) is 24.9 Å². The molecule has 2 aliphatic heterocycles. The average Bonchev–Trinajstić information content (AvgIpc) is 2.85. The summed E-state index contributed by atoms with van der Waals surface area (Å²) in [5.74, 6) is 1.27. The van der Waals surface area contributed by atoms with E-state index >= 15 is 0 Å². The third kappa shape index (κ3) is 2.03. The van der Waals surface area contributed by atoms with Crippen molar-refractivity contribution in [2.45, 2.75) is 32.1 Å². The van der Waals surface area contributed by atoms with Crippen LogP contribution >= 0.6 is 0 Å². The van der Waals surface area contributed by atoms with E-state index in [2.05, 4.69) is 27.1 Å². The molecule has 0 amide bonds. The van der Waals surface area contributed by atoms with Crippen LogP contribution in [0.15, 0.2) is 4.79 Å². The van der Waals surface area contributed by atoms with E-state index < -0.39 is 0 Å². The molecule has 0 aromatic carbocycles. The van der Waals surface area contributed by atoms with Gasteiger partial charge in [0.1, 0.15) is 5.82 Å². The molecule has 18 heavy (non-hydrogen) atoms. The summed E-state index contributed by atoms with van der Waals surface area (Å²) in [5, 5.41) is 3.20. The third-order valence-corrected chi connectivity index (χ3v) is 4.09. The minimum absolute atomic E-state index is 0.216. The number of nitrogens with zero attached hydrogens (tertiary/aromatic N) is 2. The standard InChI is InChI=1S/C13H20N4O/c1-2-17-7-3-4-9(8-17)11-10-5-6-14-12(10)16-13(18)15-11/h9H,2-8H2,1H3,(H2,14,15,16,18). The van der Waals surface area contributed by atoms with Gasteiger partial charge in [-0.1, -0.05) is 6.92 Å². The topological polar surface area (TPSA) is 61.0 Å². The highest BCUT2D eigenvalue weighted by Crippen LogP contribution is 2.31. The molecule has 5 nitrogen and oxygen atoms in total. The molecule has 98 valence electrons. The Balaban J connectivity index is 1.94. The molecule has 3 heterocycles. The highest BCUT2D eigenvalue weighted by molar-refractivity contribution is 5.51. The summed E-state index contributed by atoms with van der Waals surface area (Å²) in [6.45, 7) is 6.43. The fourth-order valence-corrected chi connectivity index (χ4v) is 3.15. The number of nitrogens with one attached hydrogen (secondary N) is 2. The SMILES string of the molecule is CCN1CCCC(c2[nH]c(=O)nc3c2CCN3)C1. The summed E-state index contributed by atoms with van der Waals surface area (Å²) in [4.78, 5) is 21.1. The summed E-state index contributed by atoms with van der Waals surface area (Å²) in [5.41, 5.74) is 2.15. The lowest BCUT2D eigenvalue weighted by Crippen LogP contribution is -2.35. The van der Waals surface area contributed by atoms with Crippen LogP contribution in [0.5, 0.6) is 0 Å². The zero-order chi connectivity index (χ0) is 12.5. The Morgan fingerprint density at radius 2 is 2.39 bits per heavy atom. The number of rotatable bonds is 2. The quantitative estimate of drug-likeness (QED) is 0.817. The second-order valence-corrected chi connectivity index (χ2v) is 5.19. The van der Waals surface area contributed by atoms with Gasteiger partial charge in [-0.25, -0.2) is 4.79 Å². The lowest BCUT2D eigenvalue weighted by Gasteiger charge is -2.32. The molecule has 0 spiro atoms. The number of likely N-dealkylation sites (N-methyl/N-ethyl adjacent to an activating group) is 1. The van der Waals surface area contributed by atoms with Gasteiger partial charge in [0.2, 0.25) is 0 Å². The maximum Gasteiger partial charge on any atom is 0.347 e. The number of likely N-dealkylation sites (tertiary alicyclic amines) is 1. The summed E-state index contributed by atoms with van der Waals surface area (Å²) in [7, 11) is 0. The molecule has 5 heteroatoms. The zero-order valence-electron chi connectivity index (χ0n) is 10.8. The number of piperidine rings is 1. The van der Waals surface area contributed by atoms with Crippen LogP contribution in [0, 0.1) is 0 Å². The lowest BCUT2D eigenvalue weighted by atomic mass is 9.91. The van der Waals surface area contributed by atoms with Crippen molar-refractivity contribution in [3.8, 4) is 0 Å². The Kier molecular flexibility index (Phi) is 3.07. The van der Waals surface area contributed by atoms with Gasteiger partial charge in [0, 0.05) is 30.3 Å². The van der Waals surface area contributed by atoms with Crippen LogP contribution in [0.3, 0.4) is 0 Å². The average molecular weight is 248 g/mol. The minimum atomic E-state index is -0.216. The van der Waals surface area contributed by atoms with Crippen molar-refractivity contribution < 1.29 is 0 Å². The maximum atomic E-state index is 11.6. The maximum absolute atomic E-state index is 11.6. The Morgan fingerprint density at radius 3 is 3.22 bits per heavy atom. The number of anilines is 1. The Hall–Kier alpha value is -1.36. The Bertz CT molecular complexity index is 496. The van der Waals surface area contributed by atoms with Crippen LogP contribution in [0.2, 0.25) is 0 Å². The summed E-state index contributed by atoms with van der Waals surface area (Å²) in [6.07, 6.45) is 3.37. The van der Waals surface area contributed by atoms with Gasteiger partial charge < -0.3 is 15.2 Å². The smallest absolute Gasteiger partial charge is 0.347 e. The number of fused-ring (bicyclic) bond motifs is 1. The van der Waals surface area contributed by atoms with Crippen molar-refractivity contribution in [2.75, 3.05) is 31.5 Å². The molecular weight excluding hydrogens is 228 g/mol. The Morgan fingerprint density at radius 1 is 1.50 bits per heavy atom. The largest absolute Gasteiger partial charge is 0.369 e. The first-order chi connectivity index (χ1) is 8.78. The number of aromatic nitrogens is 2. The first-order valence-corrected chi connectivity index (χ1v) is 6.87. The number of hydrogen-bond donors (Lipinski definition) is 2. The molecule has 1 saturated heterocycles. The number of H-pyrrole nitrogens is 1. The third-order valence-electron chi connectivity index (χ3n) is 4.09. The molecule has 2 aliphatic rings. The summed E-state index contributed by atoms with van der Waals surface area (Å²) in [6, 6.07) is 0. The molecule has 0 bridgehead atoms. The fraction of sp³-hybridized carbons (Fsp3) is 0.692. The molecule has 1 unspecified atom stereocenters. The van der Waals surface area contributed by atoms with Crippen molar-refractivity contribution in [3.05, 3.63) is 21.7 Å². The van der Waals surface area contributed by atoms with Crippen LogP contribution in [-0.4, -0.2) is 41.0 Å². The van der Waals surface area contributed by atoms with E-state index in [4.69, 9.17) is 0 Å². The predicted octanol–water partition coefficient (Wildman–Crippen LogP) is 0.937. The molecule has 3 rings (SSSR count). The van der Waals surface area contributed by atoms with Crippen LogP contribution < -0.4 is 11.0 Å². The van der Waals surface area contributed by atoms with E-state index in [-0.39, 0.29) is 5.69 Å². The van der Waals surface area contributed by atoms with E-state index in [1.54, 1.807) is 0 Å². The van der Waals surface area contributed by atoms with Crippen LogP contribution in [0.25, 0.3) is 0 Å². The van der Waals surface area contributed by atoms with Crippen molar-refractivity contribution in [1.29, 1.82) is 0 Å². The molecule has 0 aliphatic carbocycles. The normalized spacial score (nSPS) is 23.7. The van der Waals surface area contributed by atoms with Gasteiger partial charge in [0.25, 0.3) is 0 Å². The van der Waals surface area contributed by atoms with E-state index in [9.17, 15) is 4.79 Å². The lowest BCUT2D eigenvalue weighted by molar-refractivity contribution is 0.215. The summed E-state index contributed by atoms with van der Waals surface area (Å²) < 4.78 is 0. The number of aromatic amines is 1. The molecule has 0 radical (unpaired) electrons. The van der Waals surface area contributed by atoms with E-state index in [0.29, 0.717) is 5.92 Å². The molecule has 1 fully saturated rings. The molecule has 1 aromatic rings. The van der Waals surface area contributed by atoms with Crippen molar-refractivity contribution >= 4 is 5.82 Å². The van der Waals surface area contributed by atoms with E-state index in [1.807, 2.05) is 0 Å². The minimum Gasteiger partial charge on any atom is -0.369 e.